The Morgan fingerprint density at radius 3 is 2.81 bits per heavy atom. The van der Waals surface area contributed by atoms with Crippen LogP contribution in [0.4, 0.5) is 0 Å². The summed E-state index contributed by atoms with van der Waals surface area (Å²) in [6.45, 7) is 5.40. The van der Waals surface area contributed by atoms with E-state index in [1.54, 1.807) is 0 Å². The van der Waals surface area contributed by atoms with Crippen molar-refractivity contribution in [3.05, 3.63) is 36.0 Å². The predicted molar refractivity (Wildman–Crippen MR) is 66.5 cm³/mol. The minimum atomic E-state index is 0.499. The molecule has 0 spiro atoms. The molecule has 2 rings (SSSR count). The van der Waals surface area contributed by atoms with Crippen molar-refractivity contribution in [3.8, 4) is 0 Å². The molecule has 2 aromatic rings. The predicted octanol–water partition coefficient (Wildman–Crippen LogP) is 3.04. The maximum absolute atomic E-state index is 10.7. The Balaban J connectivity index is 2.53. The molecule has 0 bridgehead atoms. The summed E-state index contributed by atoms with van der Waals surface area (Å²) < 4.78 is 2.25. The lowest BCUT2D eigenvalue weighted by Crippen LogP contribution is -2.04. The van der Waals surface area contributed by atoms with Gasteiger partial charge in [-0.15, -0.1) is 0 Å². The summed E-state index contributed by atoms with van der Waals surface area (Å²) >= 11 is 0. The van der Waals surface area contributed by atoms with Gasteiger partial charge in [0.2, 0.25) is 0 Å². The van der Waals surface area contributed by atoms with E-state index < -0.39 is 0 Å². The topological polar surface area (TPSA) is 22.0 Å². The van der Waals surface area contributed by atoms with Crippen LogP contribution in [0.1, 0.15) is 19.4 Å². The first-order valence-electron chi connectivity index (χ1n) is 5.72. The number of aldehydes is 1. The van der Waals surface area contributed by atoms with Crippen LogP contribution in [0.25, 0.3) is 10.9 Å². The summed E-state index contributed by atoms with van der Waals surface area (Å²) in [4.78, 5) is 10.7. The molecule has 1 aromatic heterocycles. The van der Waals surface area contributed by atoms with Crippen LogP contribution < -0.4 is 0 Å². The van der Waals surface area contributed by atoms with Crippen molar-refractivity contribution in [3.63, 3.8) is 0 Å². The lowest BCUT2D eigenvalue weighted by Gasteiger charge is -2.10. The highest BCUT2D eigenvalue weighted by atomic mass is 16.1. The Labute approximate surface area is 95.9 Å². The molecule has 0 saturated heterocycles. The number of carbonyl (C=O) groups excluding carboxylic acids is 1. The molecule has 2 nitrogen and oxygen atoms in total. The van der Waals surface area contributed by atoms with Crippen LogP contribution in [0.3, 0.4) is 0 Å². The lowest BCUT2D eigenvalue weighted by atomic mass is 10.1. The van der Waals surface area contributed by atoms with Crippen LogP contribution in [-0.2, 0) is 17.8 Å². The summed E-state index contributed by atoms with van der Waals surface area (Å²) in [5, 5.41) is 1.22. The van der Waals surface area contributed by atoms with Gasteiger partial charge in [-0.1, -0.05) is 32.0 Å². The van der Waals surface area contributed by atoms with Crippen LogP contribution in [0.15, 0.2) is 30.5 Å². The normalized spacial score (nSPS) is 11.2. The van der Waals surface area contributed by atoms with E-state index in [0.717, 1.165) is 18.4 Å². The molecule has 0 radical (unpaired) electrons. The molecule has 2 heteroatoms. The molecule has 0 amide bonds. The second kappa shape index (κ2) is 4.52. The fourth-order valence-electron chi connectivity index (χ4n) is 2.14. The Morgan fingerprint density at radius 1 is 1.31 bits per heavy atom. The molecule has 0 aliphatic rings. The van der Waals surface area contributed by atoms with Crippen LogP contribution in [0.2, 0.25) is 0 Å². The quantitative estimate of drug-likeness (QED) is 0.718. The molecule has 0 atom stereocenters. The van der Waals surface area contributed by atoms with Crippen LogP contribution >= 0.6 is 0 Å². The number of aromatic nitrogens is 1. The number of benzene rings is 1. The van der Waals surface area contributed by atoms with Crippen molar-refractivity contribution in [2.75, 3.05) is 0 Å². The second-order valence-electron chi connectivity index (χ2n) is 4.59. The van der Waals surface area contributed by atoms with Gasteiger partial charge in [-0.2, -0.15) is 0 Å². The van der Waals surface area contributed by atoms with E-state index >= 15 is 0 Å². The maximum Gasteiger partial charge on any atom is 0.124 e. The second-order valence-corrected chi connectivity index (χ2v) is 4.59. The minimum absolute atomic E-state index is 0.499. The van der Waals surface area contributed by atoms with E-state index in [2.05, 4.69) is 36.7 Å². The molecular formula is C14H17NO. The van der Waals surface area contributed by atoms with Crippen molar-refractivity contribution in [2.45, 2.75) is 26.8 Å². The smallest absolute Gasteiger partial charge is 0.124 e. The SMILES string of the molecule is CC(C)Cn1ccc2cccc(CC=O)c21. The fourth-order valence-corrected chi connectivity index (χ4v) is 2.14. The average molecular weight is 215 g/mol. The van der Waals surface area contributed by atoms with Gasteiger partial charge >= 0.3 is 0 Å². The monoisotopic (exact) mass is 215 g/mol. The average Bonchev–Trinajstić information content (AvgIpc) is 2.62. The third-order valence-electron chi connectivity index (χ3n) is 2.74. The van der Waals surface area contributed by atoms with Crippen molar-refractivity contribution in [1.82, 2.24) is 4.57 Å². The van der Waals surface area contributed by atoms with Crippen LogP contribution in [0.5, 0.6) is 0 Å². The van der Waals surface area contributed by atoms with Gasteiger partial charge in [0.05, 0.1) is 5.52 Å². The van der Waals surface area contributed by atoms with Crippen molar-refractivity contribution < 1.29 is 4.79 Å². The Hall–Kier alpha value is -1.57. The third-order valence-corrected chi connectivity index (χ3v) is 2.74. The number of nitrogens with zero attached hydrogens (tertiary/aromatic N) is 1. The number of para-hydroxylation sites is 1. The molecule has 0 unspecified atom stereocenters. The molecule has 0 N–H and O–H groups in total. The Kier molecular flexibility index (Phi) is 3.09. The maximum atomic E-state index is 10.7. The van der Waals surface area contributed by atoms with Gasteiger partial charge < -0.3 is 9.36 Å². The first-order valence-corrected chi connectivity index (χ1v) is 5.72. The molecule has 1 heterocycles. The van der Waals surface area contributed by atoms with E-state index in [9.17, 15) is 4.79 Å². The van der Waals surface area contributed by atoms with Gasteiger partial charge in [-0.25, -0.2) is 0 Å². The molecule has 0 saturated carbocycles. The van der Waals surface area contributed by atoms with Crippen molar-refractivity contribution in [1.29, 1.82) is 0 Å². The number of fused-ring (bicyclic) bond motifs is 1. The zero-order valence-electron chi connectivity index (χ0n) is 9.81. The molecular weight excluding hydrogens is 198 g/mol. The number of hydrogen-bond acceptors (Lipinski definition) is 1. The zero-order valence-corrected chi connectivity index (χ0v) is 9.81. The Bertz CT molecular complexity index is 496. The van der Waals surface area contributed by atoms with Crippen LogP contribution in [0, 0.1) is 5.92 Å². The molecule has 0 fully saturated rings. The van der Waals surface area contributed by atoms with Gasteiger partial charge in [-0.05, 0) is 22.9 Å². The Morgan fingerprint density at radius 2 is 2.12 bits per heavy atom. The third kappa shape index (κ3) is 2.01. The van der Waals surface area contributed by atoms with E-state index in [0.29, 0.717) is 12.3 Å². The van der Waals surface area contributed by atoms with E-state index in [1.165, 1.54) is 10.9 Å². The lowest BCUT2D eigenvalue weighted by molar-refractivity contribution is -0.107. The van der Waals surface area contributed by atoms with Gasteiger partial charge in [0, 0.05) is 19.2 Å². The molecule has 0 aliphatic carbocycles. The number of rotatable bonds is 4. The van der Waals surface area contributed by atoms with Crippen molar-refractivity contribution in [2.24, 2.45) is 5.92 Å². The highest BCUT2D eigenvalue weighted by molar-refractivity contribution is 5.85. The first kappa shape index (κ1) is 10.9. The van der Waals surface area contributed by atoms with Gasteiger partial charge in [0.15, 0.2) is 0 Å². The largest absolute Gasteiger partial charge is 0.347 e. The molecule has 16 heavy (non-hydrogen) atoms. The summed E-state index contributed by atoms with van der Waals surface area (Å²) in [5.74, 6) is 0.611. The fraction of sp³-hybridized carbons (Fsp3) is 0.357. The van der Waals surface area contributed by atoms with Crippen molar-refractivity contribution >= 4 is 17.2 Å². The van der Waals surface area contributed by atoms with Gasteiger partial charge in [0.25, 0.3) is 0 Å². The van der Waals surface area contributed by atoms with Gasteiger partial charge in [0.1, 0.15) is 6.29 Å². The van der Waals surface area contributed by atoms with E-state index in [4.69, 9.17) is 0 Å². The van der Waals surface area contributed by atoms with Gasteiger partial charge in [-0.3, -0.25) is 0 Å². The summed E-state index contributed by atoms with van der Waals surface area (Å²) in [7, 11) is 0. The number of carbonyl (C=O) groups is 1. The van der Waals surface area contributed by atoms with E-state index in [1.807, 2.05) is 12.1 Å². The van der Waals surface area contributed by atoms with E-state index in [-0.39, 0.29) is 0 Å². The standard InChI is InChI=1S/C14H17NO/c1-11(2)10-15-8-6-12-4-3-5-13(7-9-16)14(12)15/h3-6,8-9,11H,7,10H2,1-2H3. The highest BCUT2D eigenvalue weighted by Crippen LogP contribution is 2.21. The summed E-state index contributed by atoms with van der Waals surface area (Å²) in [5.41, 5.74) is 2.33. The highest BCUT2D eigenvalue weighted by Gasteiger charge is 2.07. The van der Waals surface area contributed by atoms with Crippen LogP contribution in [-0.4, -0.2) is 10.9 Å². The number of hydrogen-bond donors (Lipinski definition) is 0. The summed E-state index contributed by atoms with van der Waals surface area (Å²) in [6.07, 6.45) is 3.58. The molecule has 0 aliphatic heterocycles. The minimum Gasteiger partial charge on any atom is -0.347 e. The zero-order chi connectivity index (χ0) is 11.5. The molecule has 84 valence electrons. The molecule has 1 aromatic carbocycles. The first-order chi connectivity index (χ1) is 7.72. The summed E-state index contributed by atoms with van der Waals surface area (Å²) in [6, 6.07) is 8.26.